The van der Waals surface area contributed by atoms with Crippen LogP contribution in [-0.2, 0) is 14.4 Å². The lowest BCUT2D eigenvalue weighted by molar-refractivity contribution is -0.125. The number of carbonyl (C=O) groups excluding carboxylic acids is 3. The number of nitrogens with one attached hydrogen (secondary N) is 3. The van der Waals surface area contributed by atoms with Crippen LogP contribution in [0.4, 0.5) is 17.1 Å². The average molecular weight is 1180 g/mol. The Labute approximate surface area is 509 Å². The summed E-state index contributed by atoms with van der Waals surface area (Å²) in [4.78, 5) is 38.7. The quantitative estimate of drug-likeness (QED) is 0.0460. The van der Waals surface area contributed by atoms with Gasteiger partial charge in [-0.2, -0.15) is 0 Å². The van der Waals surface area contributed by atoms with Crippen LogP contribution in [0.15, 0.2) is 36.4 Å². The molecule has 15 heteroatoms. The minimum absolute atomic E-state index is 0.0304. The molecule has 480 valence electrons. The Morgan fingerprint density at radius 2 is 0.452 bits per heavy atom. The monoisotopic (exact) mass is 1180 g/mol. The van der Waals surface area contributed by atoms with E-state index in [1.807, 2.05) is 41.5 Å². The highest BCUT2D eigenvalue weighted by Crippen LogP contribution is 2.43. The molecule has 0 fully saturated rings. The zero-order valence-electron chi connectivity index (χ0n) is 56.0. The molecule has 15 nitrogen and oxygen atoms in total. The first-order valence-electron chi connectivity index (χ1n) is 31.5. The Balaban J connectivity index is 0.000000630. The maximum absolute atomic E-state index is 12.9. The van der Waals surface area contributed by atoms with Gasteiger partial charge in [0.1, 0.15) is 68.8 Å². The van der Waals surface area contributed by atoms with Gasteiger partial charge in [-0.3, -0.25) is 14.4 Å². The smallest absolute Gasteiger partial charge is 0.230 e. The highest BCUT2D eigenvalue weighted by molar-refractivity contribution is 5.99. The van der Waals surface area contributed by atoms with Crippen molar-refractivity contribution in [3.8, 4) is 51.7 Å². The van der Waals surface area contributed by atoms with Crippen molar-refractivity contribution in [3.63, 3.8) is 0 Å². The predicted molar refractivity (Wildman–Crippen MR) is 347 cm³/mol. The zero-order chi connectivity index (χ0) is 63.0. The fraction of sp³-hybridized carbons (Fsp3) is 0.696. The second-order valence-electron chi connectivity index (χ2n) is 23.9. The standard InChI is InChI=1S/3C23H39NO4/c3*1-7-8-9-10-11-12-13-14-15-23(2,3)22(25)24-21-19(27-5)16-18(26-4)17-20(21)28-6/h3*16-17H,7-15H2,1-6H3,(H,24,25). The van der Waals surface area contributed by atoms with Crippen LogP contribution in [0.1, 0.15) is 236 Å². The second-order valence-corrected chi connectivity index (χ2v) is 23.9. The van der Waals surface area contributed by atoms with E-state index in [0.29, 0.717) is 68.8 Å². The van der Waals surface area contributed by atoms with E-state index in [-0.39, 0.29) is 17.7 Å². The summed E-state index contributed by atoms with van der Waals surface area (Å²) in [7, 11) is 14.1. The molecule has 3 N–H and O–H groups in total. The number of hydrogen-bond acceptors (Lipinski definition) is 12. The Morgan fingerprint density at radius 3 is 0.607 bits per heavy atom. The van der Waals surface area contributed by atoms with Gasteiger partial charge in [-0.25, -0.2) is 0 Å². The van der Waals surface area contributed by atoms with Crippen LogP contribution in [-0.4, -0.2) is 81.7 Å². The lowest BCUT2D eigenvalue weighted by Gasteiger charge is -2.25. The molecule has 84 heavy (non-hydrogen) atoms. The third kappa shape index (κ3) is 28.4. The fourth-order valence-corrected chi connectivity index (χ4v) is 9.68. The highest BCUT2D eigenvalue weighted by atomic mass is 16.5. The van der Waals surface area contributed by atoms with E-state index in [0.717, 1.165) is 38.5 Å². The molecular weight excluding hydrogens is 1060 g/mol. The SMILES string of the molecule is CCCCCCCCCCC(C)(C)C(=O)Nc1c(OC)cc(OC)cc1OC.CCCCCCCCCCC(C)(C)C(=O)Nc1c(OC)cc(OC)cc1OC.CCCCCCCCCCC(C)(C)C(=O)Nc1c(OC)cc(OC)cc1OC. The second kappa shape index (κ2) is 43.0. The van der Waals surface area contributed by atoms with E-state index >= 15 is 0 Å². The Kier molecular flexibility index (Phi) is 39.0. The number of benzene rings is 3. The van der Waals surface area contributed by atoms with Gasteiger partial charge < -0.3 is 58.6 Å². The van der Waals surface area contributed by atoms with Gasteiger partial charge in [0.15, 0.2) is 0 Å². The molecule has 0 unspecified atom stereocenters. The molecule has 0 aliphatic carbocycles. The molecule has 3 aromatic rings. The van der Waals surface area contributed by atoms with Crippen molar-refractivity contribution in [2.45, 2.75) is 236 Å². The van der Waals surface area contributed by atoms with Gasteiger partial charge in [-0.1, -0.05) is 216 Å². The molecule has 0 saturated heterocycles. The predicted octanol–water partition coefficient (Wildman–Crippen LogP) is 18.6. The first kappa shape index (κ1) is 76.3. The molecule has 0 aliphatic heterocycles. The molecule has 0 spiro atoms. The Morgan fingerprint density at radius 1 is 0.286 bits per heavy atom. The number of unbranched alkanes of at least 4 members (excludes halogenated alkanes) is 21. The molecule has 0 atom stereocenters. The van der Waals surface area contributed by atoms with Gasteiger partial charge in [0, 0.05) is 52.6 Å². The van der Waals surface area contributed by atoms with E-state index in [9.17, 15) is 14.4 Å². The number of amides is 3. The van der Waals surface area contributed by atoms with Crippen molar-refractivity contribution in [2.75, 3.05) is 79.9 Å². The summed E-state index contributed by atoms with van der Waals surface area (Å²) in [6.45, 7) is 18.7. The van der Waals surface area contributed by atoms with E-state index in [2.05, 4.69) is 36.7 Å². The summed E-state index contributed by atoms with van der Waals surface area (Å²) in [5.41, 5.74) is 0.244. The first-order chi connectivity index (χ1) is 40.2. The van der Waals surface area contributed by atoms with Gasteiger partial charge in [0.25, 0.3) is 0 Å². The summed E-state index contributed by atoms with van der Waals surface area (Å²) in [6, 6.07) is 10.4. The molecule has 0 aliphatic rings. The summed E-state index contributed by atoms with van der Waals surface area (Å²) >= 11 is 0. The Bertz CT molecular complexity index is 1970. The molecule has 0 aromatic heterocycles. The minimum Gasteiger partial charge on any atom is -0.496 e. The van der Waals surface area contributed by atoms with Crippen LogP contribution in [0, 0.1) is 16.2 Å². The van der Waals surface area contributed by atoms with Gasteiger partial charge in [0.05, 0.1) is 64.0 Å². The number of methoxy groups -OCH3 is 9. The fourth-order valence-electron chi connectivity index (χ4n) is 9.68. The van der Waals surface area contributed by atoms with E-state index in [1.165, 1.54) is 135 Å². The number of rotatable bonds is 42. The molecule has 0 saturated carbocycles. The summed E-state index contributed by atoms with van der Waals surface area (Å²) < 4.78 is 48.3. The van der Waals surface area contributed by atoms with Crippen LogP contribution >= 0.6 is 0 Å². The molecule has 0 bridgehead atoms. The van der Waals surface area contributed by atoms with E-state index < -0.39 is 16.2 Å². The topological polar surface area (TPSA) is 170 Å². The van der Waals surface area contributed by atoms with Crippen molar-refractivity contribution in [2.24, 2.45) is 16.2 Å². The molecular formula is C69H117N3O12. The Hall–Kier alpha value is -5.73. The molecule has 0 radical (unpaired) electrons. The van der Waals surface area contributed by atoms with Crippen molar-refractivity contribution in [1.82, 2.24) is 0 Å². The molecule has 0 heterocycles. The van der Waals surface area contributed by atoms with Gasteiger partial charge in [-0.15, -0.1) is 0 Å². The van der Waals surface area contributed by atoms with E-state index in [4.69, 9.17) is 42.6 Å². The maximum atomic E-state index is 12.9. The summed E-state index contributed by atoms with van der Waals surface area (Å²) in [6.07, 6.45) is 32.8. The van der Waals surface area contributed by atoms with Crippen LogP contribution in [0.3, 0.4) is 0 Å². The largest absolute Gasteiger partial charge is 0.496 e. The van der Waals surface area contributed by atoms with Gasteiger partial charge in [-0.05, 0) is 19.3 Å². The average Bonchev–Trinajstić information content (AvgIpc) is 2.94. The van der Waals surface area contributed by atoms with Gasteiger partial charge >= 0.3 is 0 Å². The number of carbonyl (C=O) groups is 3. The normalized spacial score (nSPS) is 11.2. The number of ether oxygens (including phenoxy) is 9. The van der Waals surface area contributed by atoms with Crippen LogP contribution in [0.2, 0.25) is 0 Å². The lowest BCUT2D eigenvalue weighted by Crippen LogP contribution is -2.31. The lowest BCUT2D eigenvalue weighted by atomic mass is 9.85. The number of hydrogen-bond donors (Lipinski definition) is 3. The zero-order valence-corrected chi connectivity index (χ0v) is 56.0. The van der Waals surface area contributed by atoms with Crippen molar-refractivity contribution in [1.29, 1.82) is 0 Å². The number of anilines is 3. The van der Waals surface area contributed by atoms with Crippen molar-refractivity contribution >= 4 is 34.8 Å². The van der Waals surface area contributed by atoms with Crippen molar-refractivity contribution in [3.05, 3.63) is 36.4 Å². The third-order valence-corrected chi connectivity index (χ3v) is 15.7. The first-order valence-corrected chi connectivity index (χ1v) is 31.5. The van der Waals surface area contributed by atoms with E-state index in [1.54, 1.807) is 100 Å². The minimum atomic E-state index is -0.460. The van der Waals surface area contributed by atoms with Gasteiger partial charge in [0.2, 0.25) is 17.7 Å². The maximum Gasteiger partial charge on any atom is 0.230 e. The van der Waals surface area contributed by atoms with Crippen LogP contribution in [0.5, 0.6) is 51.7 Å². The molecule has 3 amide bonds. The summed E-state index contributed by atoms with van der Waals surface area (Å²) in [5.74, 6) is 4.88. The molecule has 3 rings (SSSR count). The van der Waals surface area contributed by atoms with Crippen LogP contribution in [0.25, 0.3) is 0 Å². The highest BCUT2D eigenvalue weighted by Gasteiger charge is 2.32. The summed E-state index contributed by atoms with van der Waals surface area (Å²) in [5, 5.41) is 9.01. The van der Waals surface area contributed by atoms with Crippen LogP contribution < -0.4 is 58.6 Å². The van der Waals surface area contributed by atoms with Crippen molar-refractivity contribution < 1.29 is 57.0 Å². The third-order valence-electron chi connectivity index (χ3n) is 15.7. The molecule has 3 aromatic carbocycles.